The molecule has 23 heavy (non-hydrogen) atoms. The average molecular weight is 322 g/mol. The maximum absolute atomic E-state index is 11.6. The smallest absolute Gasteiger partial charge is 0.409 e. The van der Waals surface area contributed by atoms with E-state index in [2.05, 4.69) is 15.4 Å². The molecule has 1 saturated heterocycles. The van der Waals surface area contributed by atoms with Crippen LogP contribution in [0.2, 0.25) is 0 Å². The number of carbonyl (C=O) groups excluding carboxylic acids is 1. The van der Waals surface area contributed by atoms with Crippen molar-refractivity contribution in [3.05, 3.63) is 18.0 Å². The van der Waals surface area contributed by atoms with E-state index in [9.17, 15) is 4.79 Å². The summed E-state index contributed by atoms with van der Waals surface area (Å²) in [6, 6.07) is 0.253. The Labute approximate surface area is 136 Å². The molecule has 1 aliphatic rings. The van der Waals surface area contributed by atoms with Gasteiger partial charge in [-0.1, -0.05) is 0 Å². The number of hydrogen-bond donors (Lipinski definition) is 2. The van der Waals surface area contributed by atoms with Crippen LogP contribution in [0.25, 0.3) is 0 Å². The minimum atomic E-state index is -0.232. The maximum Gasteiger partial charge on any atom is 0.409 e. The third kappa shape index (κ3) is 5.46. The number of aliphatic imine (C=N–C) groups is 1. The van der Waals surface area contributed by atoms with Crippen molar-refractivity contribution in [3.8, 4) is 0 Å². The second-order valence-corrected chi connectivity index (χ2v) is 5.64. The molecule has 1 aromatic heterocycles. The third-order valence-electron chi connectivity index (χ3n) is 3.81. The molecule has 3 N–H and O–H groups in total. The van der Waals surface area contributed by atoms with Crippen molar-refractivity contribution in [1.29, 1.82) is 0 Å². The lowest BCUT2D eigenvalue weighted by Crippen LogP contribution is -2.48. The molecule has 8 heteroatoms. The number of amides is 1. The second kappa shape index (κ2) is 8.40. The van der Waals surface area contributed by atoms with Gasteiger partial charge in [0.1, 0.15) is 0 Å². The number of nitrogens with two attached hydrogens (primary N) is 1. The van der Waals surface area contributed by atoms with Gasteiger partial charge < -0.3 is 20.7 Å². The zero-order valence-electron chi connectivity index (χ0n) is 13.9. The van der Waals surface area contributed by atoms with Crippen LogP contribution >= 0.6 is 0 Å². The number of guanidine groups is 1. The fourth-order valence-electron chi connectivity index (χ4n) is 2.58. The van der Waals surface area contributed by atoms with Gasteiger partial charge in [-0.15, -0.1) is 0 Å². The number of ether oxygens (including phenoxy) is 1. The van der Waals surface area contributed by atoms with Gasteiger partial charge in [0.2, 0.25) is 0 Å². The van der Waals surface area contributed by atoms with Crippen LogP contribution in [0.4, 0.5) is 4.79 Å². The van der Waals surface area contributed by atoms with Crippen molar-refractivity contribution in [2.45, 2.75) is 32.2 Å². The van der Waals surface area contributed by atoms with Crippen LogP contribution < -0.4 is 11.1 Å². The molecule has 8 nitrogen and oxygen atoms in total. The number of nitrogens with one attached hydrogen (secondary N) is 1. The monoisotopic (exact) mass is 322 g/mol. The molecule has 0 spiro atoms. The van der Waals surface area contributed by atoms with Gasteiger partial charge in [-0.05, 0) is 31.7 Å². The van der Waals surface area contributed by atoms with E-state index in [-0.39, 0.29) is 12.1 Å². The first-order valence-corrected chi connectivity index (χ1v) is 8.04. The van der Waals surface area contributed by atoms with Gasteiger partial charge in [-0.25, -0.2) is 4.79 Å². The number of aryl methyl sites for hydroxylation is 1. The molecular weight excluding hydrogens is 296 g/mol. The average Bonchev–Trinajstić information content (AvgIpc) is 2.93. The zero-order chi connectivity index (χ0) is 16.7. The maximum atomic E-state index is 11.6. The van der Waals surface area contributed by atoms with E-state index in [1.807, 2.05) is 26.4 Å². The molecule has 128 valence electrons. The number of piperidine rings is 1. The molecule has 0 atom stereocenters. The molecular formula is C15H26N6O2. The highest BCUT2D eigenvalue weighted by atomic mass is 16.6. The third-order valence-corrected chi connectivity index (χ3v) is 3.81. The highest BCUT2D eigenvalue weighted by molar-refractivity contribution is 5.78. The lowest BCUT2D eigenvalue weighted by Gasteiger charge is -2.31. The highest BCUT2D eigenvalue weighted by Gasteiger charge is 2.23. The summed E-state index contributed by atoms with van der Waals surface area (Å²) in [5, 5.41) is 7.35. The van der Waals surface area contributed by atoms with Crippen LogP contribution in [0.1, 0.15) is 25.3 Å². The number of nitrogens with zero attached hydrogens (tertiary/aromatic N) is 4. The molecule has 1 aromatic rings. The largest absolute Gasteiger partial charge is 0.450 e. The van der Waals surface area contributed by atoms with Crippen molar-refractivity contribution in [2.75, 3.05) is 26.2 Å². The summed E-state index contributed by atoms with van der Waals surface area (Å²) in [7, 11) is 1.89. The summed E-state index contributed by atoms with van der Waals surface area (Å²) in [6.07, 6.45) is 6.09. The Bertz CT molecular complexity index is 534. The lowest BCUT2D eigenvalue weighted by molar-refractivity contribution is 0.0963. The van der Waals surface area contributed by atoms with Crippen molar-refractivity contribution < 1.29 is 9.53 Å². The van der Waals surface area contributed by atoms with Gasteiger partial charge in [0.15, 0.2) is 5.96 Å². The van der Waals surface area contributed by atoms with E-state index in [0.29, 0.717) is 32.2 Å². The summed E-state index contributed by atoms with van der Waals surface area (Å²) in [5.41, 5.74) is 7.07. The predicted molar refractivity (Wildman–Crippen MR) is 88.2 cm³/mol. The van der Waals surface area contributed by atoms with Gasteiger partial charge in [-0.2, -0.15) is 5.10 Å². The first-order chi connectivity index (χ1) is 11.1. The van der Waals surface area contributed by atoms with Crippen molar-refractivity contribution in [1.82, 2.24) is 20.0 Å². The molecule has 2 heterocycles. The summed E-state index contributed by atoms with van der Waals surface area (Å²) in [5.74, 6) is 0.462. The number of carbonyl (C=O) groups is 1. The van der Waals surface area contributed by atoms with Crippen LogP contribution in [0.3, 0.4) is 0 Å². The lowest BCUT2D eigenvalue weighted by atomic mass is 10.1. The Morgan fingerprint density at radius 2 is 2.26 bits per heavy atom. The van der Waals surface area contributed by atoms with Crippen molar-refractivity contribution in [2.24, 2.45) is 17.8 Å². The van der Waals surface area contributed by atoms with Gasteiger partial charge in [0.05, 0.1) is 12.8 Å². The summed E-state index contributed by atoms with van der Waals surface area (Å²) in [4.78, 5) is 17.7. The summed E-state index contributed by atoms with van der Waals surface area (Å²) in [6.45, 7) is 4.22. The van der Waals surface area contributed by atoms with Crippen LogP contribution in [-0.2, 0) is 18.2 Å². The molecule has 1 fully saturated rings. The van der Waals surface area contributed by atoms with Gasteiger partial charge in [-0.3, -0.25) is 9.67 Å². The topological polar surface area (TPSA) is 97.8 Å². The summed E-state index contributed by atoms with van der Waals surface area (Å²) < 4.78 is 6.78. The molecule has 1 aliphatic heterocycles. The Kier molecular flexibility index (Phi) is 6.25. The van der Waals surface area contributed by atoms with Crippen molar-refractivity contribution in [3.63, 3.8) is 0 Å². The minimum absolute atomic E-state index is 0.232. The number of hydrogen-bond acceptors (Lipinski definition) is 4. The van der Waals surface area contributed by atoms with E-state index in [4.69, 9.17) is 10.5 Å². The van der Waals surface area contributed by atoms with Crippen LogP contribution in [0.5, 0.6) is 0 Å². The molecule has 0 bridgehead atoms. The fraction of sp³-hybridized carbons (Fsp3) is 0.667. The van der Waals surface area contributed by atoms with E-state index < -0.39 is 0 Å². The van der Waals surface area contributed by atoms with Crippen LogP contribution in [0.15, 0.2) is 17.4 Å². The van der Waals surface area contributed by atoms with Gasteiger partial charge in [0.25, 0.3) is 0 Å². The highest BCUT2D eigenvalue weighted by Crippen LogP contribution is 2.11. The second-order valence-electron chi connectivity index (χ2n) is 5.64. The molecule has 2 rings (SSSR count). The standard InChI is InChI=1S/C15H26N6O2/c1-3-23-15(22)21-8-5-13(6-9-21)19-14(16)17-7-4-12-10-18-20(2)11-12/h10-11,13H,3-9H2,1-2H3,(H3,16,17,19). The predicted octanol–water partition coefficient (Wildman–Crippen LogP) is 0.488. The van der Waals surface area contributed by atoms with E-state index in [1.54, 1.807) is 9.58 Å². The molecule has 0 saturated carbocycles. The Hall–Kier alpha value is -2.25. The van der Waals surface area contributed by atoms with Crippen molar-refractivity contribution >= 4 is 12.1 Å². The van der Waals surface area contributed by atoms with Gasteiger partial charge >= 0.3 is 6.09 Å². The first-order valence-electron chi connectivity index (χ1n) is 8.04. The minimum Gasteiger partial charge on any atom is -0.450 e. The Morgan fingerprint density at radius 3 is 2.87 bits per heavy atom. The number of rotatable bonds is 5. The van der Waals surface area contributed by atoms with E-state index in [0.717, 1.165) is 24.8 Å². The number of likely N-dealkylation sites (tertiary alicyclic amines) is 1. The Balaban J connectivity index is 1.68. The van der Waals surface area contributed by atoms with Crippen LogP contribution in [0, 0.1) is 0 Å². The molecule has 0 aromatic carbocycles. The first kappa shape index (κ1) is 17.1. The quantitative estimate of drug-likeness (QED) is 0.607. The Morgan fingerprint density at radius 1 is 1.52 bits per heavy atom. The number of aromatic nitrogens is 2. The molecule has 0 radical (unpaired) electrons. The molecule has 1 amide bonds. The van der Waals surface area contributed by atoms with Crippen LogP contribution in [-0.4, -0.2) is 59.0 Å². The molecule has 0 aliphatic carbocycles. The summed E-state index contributed by atoms with van der Waals surface area (Å²) >= 11 is 0. The fourth-order valence-corrected chi connectivity index (χ4v) is 2.58. The van der Waals surface area contributed by atoms with Gasteiger partial charge in [0, 0.05) is 38.9 Å². The van der Waals surface area contributed by atoms with E-state index in [1.165, 1.54) is 0 Å². The SMILES string of the molecule is CCOC(=O)N1CCC(NC(N)=NCCc2cnn(C)c2)CC1. The normalized spacial score (nSPS) is 16.4. The molecule has 0 unspecified atom stereocenters. The zero-order valence-corrected chi connectivity index (χ0v) is 13.9. The van der Waals surface area contributed by atoms with E-state index >= 15 is 0 Å².